The molecule has 0 atom stereocenters. The number of alkyl halides is 3. The number of hydrogen-bond acceptors (Lipinski definition) is 3. The molecule has 0 aliphatic heterocycles. The predicted molar refractivity (Wildman–Crippen MR) is 70.3 cm³/mol. The lowest BCUT2D eigenvalue weighted by Crippen LogP contribution is -2.04. The third-order valence-electron chi connectivity index (χ3n) is 2.52. The van der Waals surface area contributed by atoms with Crippen molar-refractivity contribution in [2.24, 2.45) is 0 Å². The molecular formula is C13H18F3NOS. The van der Waals surface area contributed by atoms with Crippen molar-refractivity contribution < 1.29 is 18.0 Å². The van der Waals surface area contributed by atoms with Gasteiger partial charge in [0.15, 0.2) is 0 Å². The Hall–Kier alpha value is -0.960. The summed E-state index contributed by atoms with van der Waals surface area (Å²) in [7, 11) is 0. The molecule has 0 bridgehead atoms. The van der Waals surface area contributed by atoms with E-state index in [1.54, 1.807) is 6.92 Å². The van der Waals surface area contributed by atoms with Crippen molar-refractivity contribution >= 4 is 17.5 Å². The molecule has 0 fully saturated rings. The number of halogens is 3. The number of carbonyl (C=O) groups excluding carboxylic acids is 1. The predicted octanol–water partition coefficient (Wildman–Crippen LogP) is 4.97. The molecule has 0 aliphatic rings. The lowest BCUT2D eigenvalue weighted by Gasteiger charge is -2.12. The van der Waals surface area contributed by atoms with Crippen molar-refractivity contribution in [2.75, 3.05) is 0 Å². The largest absolute Gasteiger partial charge is 0.446 e. The Balaban J connectivity index is 4.95. The highest BCUT2D eigenvalue weighted by Gasteiger charge is 2.31. The number of Topliss-reactive ketones (excluding diaryl/α,β-unsaturated/α-hetero) is 1. The Labute approximate surface area is 116 Å². The van der Waals surface area contributed by atoms with Crippen molar-refractivity contribution in [3.63, 3.8) is 0 Å². The first-order valence-electron chi connectivity index (χ1n) is 6.23. The Bertz CT molecular complexity index is 369. The first-order valence-corrected chi connectivity index (χ1v) is 7.05. The molecule has 0 rings (SSSR count). The number of nitriles is 1. The fourth-order valence-corrected chi connectivity index (χ4v) is 2.20. The van der Waals surface area contributed by atoms with Crippen LogP contribution in [0.15, 0.2) is 10.5 Å². The van der Waals surface area contributed by atoms with Crippen molar-refractivity contribution in [2.45, 2.75) is 57.9 Å². The number of hydrogen-bond donors (Lipinski definition) is 0. The SMILES string of the molecule is CCCC/C(C#N)=C(/CCC(=O)CC)SC(F)(F)F. The van der Waals surface area contributed by atoms with Gasteiger partial charge in [-0.1, -0.05) is 20.3 Å². The van der Waals surface area contributed by atoms with Gasteiger partial charge < -0.3 is 0 Å². The van der Waals surface area contributed by atoms with Crippen molar-refractivity contribution in [3.05, 3.63) is 10.5 Å². The van der Waals surface area contributed by atoms with Gasteiger partial charge >= 0.3 is 5.51 Å². The van der Waals surface area contributed by atoms with Crippen LogP contribution in [-0.2, 0) is 4.79 Å². The Kier molecular flexibility index (Phi) is 8.57. The summed E-state index contributed by atoms with van der Waals surface area (Å²) in [5.74, 6) is -0.0898. The molecule has 0 N–H and O–H groups in total. The average molecular weight is 293 g/mol. The molecule has 2 nitrogen and oxygen atoms in total. The van der Waals surface area contributed by atoms with Crippen LogP contribution in [0.1, 0.15) is 52.4 Å². The minimum atomic E-state index is -4.42. The third kappa shape index (κ3) is 8.71. The van der Waals surface area contributed by atoms with E-state index in [4.69, 9.17) is 5.26 Å². The number of nitrogens with zero attached hydrogens (tertiary/aromatic N) is 1. The maximum atomic E-state index is 12.5. The smallest absolute Gasteiger partial charge is 0.300 e. The second-order valence-electron chi connectivity index (χ2n) is 4.06. The molecule has 0 amide bonds. The van der Waals surface area contributed by atoms with Crippen molar-refractivity contribution in [3.8, 4) is 6.07 Å². The molecule has 0 saturated heterocycles. The van der Waals surface area contributed by atoms with Gasteiger partial charge in [-0.05, 0) is 31.0 Å². The maximum Gasteiger partial charge on any atom is 0.446 e. The van der Waals surface area contributed by atoms with E-state index in [0.29, 0.717) is 19.3 Å². The zero-order valence-corrected chi connectivity index (χ0v) is 12.0. The monoisotopic (exact) mass is 293 g/mol. The van der Waals surface area contributed by atoms with Gasteiger partial charge in [0.25, 0.3) is 0 Å². The van der Waals surface area contributed by atoms with Crippen molar-refractivity contribution in [1.29, 1.82) is 5.26 Å². The van der Waals surface area contributed by atoms with E-state index in [1.165, 1.54) is 0 Å². The fourth-order valence-electron chi connectivity index (χ4n) is 1.44. The molecule has 0 aromatic carbocycles. The lowest BCUT2D eigenvalue weighted by molar-refractivity contribution is -0.118. The zero-order valence-electron chi connectivity index (χ0n) is 11.1. The average Bonchev–Trinajstić information content (AvgIpc) is 2.34. The van der Waals surface area contributed by atoms with Gasteiger partial charge in [0.05, 0.1) is 6.07 Å². The van der Waals surface area contributed by atoms with E-state index in [-0.39, 0.29) is 40.9 Å². The molecule has 6 heteroatoms. The molecular weight excluding hydrogens is 275 g/mol. The third-order valence-corrected chi connectivity index (χ3v) is 3.44. The zero-order chi connectivity index (χ0) is 14.9. The van der Waals surface area contributed by atoms with Gasteiger partial charge in [0.1, 0.15) is 5.78 Å². The number of thioether (sulfide) groups is 1. The van der Waals surface area contributed by atoms with E-state index >= 15 is 0 Å². The fraction of sp³-hybridized carbons (Fsp3) is 0.692. The van der Waals surface area contributed by atoms with Crippen LogP contribution in [0.4, 0.5) is 13.2 Å². The highest BCUT2D eigenvalue weighted by Crippen LogP contribution is 2.40. The van der Waals surface area contributed by atoms with Crippen LogP contribution in [0.5, 0.6) is 0 Å². The highest BCUT2D eigenvalue weighted by molar-refractivity contribution is 8.03. The molecule has 0 unspecified atom stereocenters. The van der Waals surface area contributed by atoms with Crippen LogP contribution in [0, 0.1) is 11.3 Å². The molecule has 0 aliphatic carbocycles. The van der Waals surface area contributed by atoms with Gasteiger partial charge in [-0.25, -0.2) is 0 Å². The molecule has 0 radical (unpaired) electrons. The summed E-state index contributed by atoms with van der Waals surface area (Å²) in [6.07, 6.45) is 2.19. The van der Waals surface area contributed by atoms with Crippen molar-refractivity contribution in [1.82, 2.24) is 0 Å². The molecule has 0 spiro atoms. The lowest BCUT2D eigenvalue weighted by atomic mass is 10.1. The van der Waals surface area contributed by atoms with E-state index in [2.05, 4.69) is 0 Å². The van der Waals surface area contributed by atoms with Gasteiger partial charge in [0, 0.05) is 23.3 Å². The summed E-state index contributed by atoms with van der Waals surface area (Å²) < 4.78 is 37.4. The van der Waals surface area contributed by atoms with Crippen LogP contribution in [-0.4, -0.2) is 11.3 Å². The Morgan fingerprint density at radius 2 is 1.84 bits per heavy atom. The van der Waals surface area contributed by atoms with Gasteiger partial charge in [-0.15, -0.1) is 0 Å². The molecule has 0 saturated carbocycles. The van der Waals surface area contributed by atoms with E-state index in [0.717, 1.165) is 6.42 Å². The maximum absolute atomic E-state index is 12.5. The number of unbranched alkanes of at least 4 members (excludes halogenated alkanes) is 1. The van der Waals surface area contributed by atoms with Crippen LogP contribution in [0.3, 0.4) is 0 Å². The Morgan fingerprint density at radius 3 is 2.26 bits per heavy atom. The summed E-state index contributed by atoms with van der Waals surface area (Å²) in [6.45, 7) is 3.58. The molecule has 0 aromatic heterocycles. The van der Waals surface area contributed by atoms with Gasteiger partial charge in [0.2, 0.25) is 0 Å². The number of allylic oxidation sites excluding steroid dienone is 2. The summed E-state index contributed by atoms with van der Waals surface area (Å²) in [5, 5.41) is 8.97. The van der Waals surface area contributed by atoms with Crippen LogP contribution < -0.4 is 0 Å². The summed E-state index contributed by atoms with van der Waals surface area (Å²) >= 11 is -0.258. The second kappa shape index (κ2) is 9.03. The number of rotatable bonds is 8. The minimum absolute atomic E-state index is 0.00343. The number of carbonyl (C=O) groups is 1. The quantitative estimate of drug-likeness (QED) is 0.593. The molecule has 0 aromatic rings. The van der Waals surface area contributed by atoms with Gasteiger partial charge in [-0.3, -0.25) is 4.79 Å². The molecule has 0 heterocycles. The second-order valence-corrected chi connectivity index (χ2v) is 5.22. The molecule has 108 valence electrons. The van der Waals surface area contributed by atoms with Crippen LogP contribution in [0.2, 0.25) is 0 Å². The Morgan fingerprint density at radius 1 is 1.21 bits per heavy atom. The van der Waals surface area contributed by atoms with Crippen LogP contribution in [0.25, 0.3) is 0 Å². The summed E-state index contributed by atoms with van der Waals surface area (Å²) in [4.78, 5) is 11.2. The highest BCUT2D eigenvalue weighted by atomic mass is 32.2. The minimum Gasteiger partial charge on any atom is -0.300 e. The summed E-state index contributed by atoms with van der Waals surface area (Å²) in [6, 6.07) is 1.85. The summed E-state index contributed by atoms with van der Waals surface area (Å²) in [5.41, 5.74) is -4.26. The van der Waals surface area contributed by atoms with E-state index < -0.39 is 5.51 Å². The number of ketones is 1. The normalized spacial score (nSPS) is 12.8. The van der Waals surface area contributed by atoms with E-state index in [1.807, 2.05) is 13.0 Å². The first-order chi connectivity index (χ1) is 8.84. The molecule has 19 heavy (non-hydrogen) atoms. The standard InChI is InChI=1S/C13H18F3NOS/c1-3-5-6-10(9-17)12(19-13(14,15)16)8-7-11(18)4-2/h3-8H2,1-2H3/b12-10+. The van der Waals surface area contributed by atoms with E-state index in [9.17, 15) is 18.0 Å². The topological polar surface area (TPSA) is 40.9 Å². The van der Waals surface area contributed by atoms with Crippen LogP contribution >= 0.6 is 11.8 Å². The first kappa shape index (κ1) is 18.0. The van der Waals surface area contributed by atoms with Gasteiger partial charge in [-0.2, -0.15) is 18.4 Å².